The molecular weight excluding hydrogens is 248 g/mol. The summed E-state index contributed by atoms with van der Waals surface area (Å²) in [5, 5.41) is 13.4. The van der Waals surface area contributed by atoms with Gasteiger partial charge in [0.1, 0.15) is 5.75 Å². The molecular formula is C13H18N2O4. The third-order valence-corrected chi connectivity index (χ3v) is 2.36. The summed E-state index contributed by atoms with van der Waals surface area (Å²) in [5.74, 6) is 0.121. The van der Waals surface area contributed by atoms with Crippen LogP contribution >= 0.6 is 0 Å². The quantitative estimate of drug-likeness (QED) is 0.671. The van der Waals surface area contributed by atoms with Crippen LogP contribution in [0, 0.1) is 15.5 Å². The molecule has 1 aromatic rings. The number of non-ortho nitro benzene ring substituents is 1. The molecule has 0 aliphatic rings. The van der Waals surface area contributed by atoms with Crippen molar-refractivity contribution in [2.45, 2.75) is 27.2 Å². The summed E-state index contributed by atoms with van der Waals surface area (Å²) in [6.45, 7) is 5.87. The summed E-state index contributed by atoms with van der Waals surface area (Å²) < 4.78 is 5.05. The molecule has 1 rings (SSSR count). The molecule has 0 aliphatic carbocycles. The zero-order valence-corrected chi connectivity index (χ0v) is 11.5. The van der Waals surface area contributed by atoms with Gasteiger partial charge in [-0.1, -0.05) is 20.8 Å². The minimum absolute atomic E-state index is 0.0781. The molecule has 0 atom stereocenters. The first-order valence-electron chi connectivity index (χ1n) is 5.85. The maximum Gasteiger partial charge on any atom is 0.273 e. The number of nitrogens with zero attached hydrogens (tertiary/aromatic N) is 1. The van der Waals surface area contributed by atoms with Gasteiger partial charge in [-0.15, -0.1) is 0 Å². The fourth-order valence-corrected chi connectivity index (χ4v) is 1.57. The summed E-state index contributed by atoms with van der Waals surface area (Å²) in [6, 6.07) is 4.08. The van der Waals surface area contributed by atoms with Crippen molar-refractivity contribution in [1.29, 1.82) is 0 Å². The molecule has 0 saturated carbocycles. The van der Waals surface area contributed by atoms with E-state index in [2.05, 4.69) is 5.32 Å². The van der Waals surface area contributed by atoms with Crippen LogP contribution in [0.15, 0.2) is 18.2 Å². The summed E-state index contributed by atoms with van der Waals surface area (Å²) in [6.07, 6.45) is 0.354. The van der Waals surface area contributed by atoms with Crippen LogP contribution in [-0.4, -0.2) is 17.9 Å². The number of nitro benzene ring substituents is 1. The maximum atomic E-state index is 11.8. The predicted octanol–water partition coefficient (Wildman–Crippen LogP) is 2.98. The predicted molar refractivity (Wildman–Crippen MR) is 72.4 cm³/mol. The van der Waals surface area contributed by atoms with Gasteiger partial charge in [-0.2, -0.15) is 0 Å². The molecule has 0 radical (unpaired) electrons. The molecule has 0 heterocycles. The number of nitro groups is 1. The van der Waals surface area contributed by atoms with Gasteiger partial charge in [0.15, 0.2) is 0 Å². The van der Waals surface area contributed by atoms with E-state index in [4.69, 9.17) is 4.74 Å². The second-order valence-electron chi connectivity index (χ2n) is 5.43. The molecule has 0 unspecified atom stereocenters. The first kappa shape index (κ1) is 14.9. The normalized spacial score (nSPS) is 10.9. The van der Waals surface area contributed by atoms with Crippen LogP contribution in [0.25, 0.3) is 0 Å². The molecule has 1 amide bonds. The van der Waals surface area contributed by atoms with Crippen LogP contribution < -0.4 is 10.1 Å². The average Bonchev–Trinajstić information content (AvgIpc) is 2.26. The molecule has 0 fully saturated rings. The lowest BCUT2D eigenvalue weighted by atomic mass is 9.92. The molecule has 19 heavy (non-hydrogen) atoms. The molecule has 6 heteroatoms. The molecule has 1 aromatic carbocycles. The van der Waals surface area contributed by atoms with Crippen LogP contribution in [0.3, 0.4) is 0 Å². The molecule has 0 bridgehead atoms. The standard InChI is InChI=1S/C13H18N2O4/c1-13(2,3)8-12(16)14-10-6-5-9(15(17)18)7-11(10)19-4/h5-7H,8H2,1-4H3,(H,14,16). The Balaban J connectivity index is 2.89. The van der Waals surface area contributed by atoms with Gasteiger partial charge in [-0.05, 0) is 11.5 Å². The van der Waals surface area contributed by atoms with Crippen molar-refractivity contribution in [3.8, 4) is 5.75 Å². The van der Waals surface area contributed by atoms with Crippen LogP contribution in [0.1, 0.15) is 27.2 Å². The van der Waals surface area contributed by atoms with Crippen LogP contribution in [0.2, 0.25) is 0 Å². The largest absolute Gasteiger partial charge is 0.494 e. The van der Waals surface area contributed by atoms with Crippen molar-refractivity contribution in [2.75, 3.05) is 12.4 Å². The number of hydrogen-bond acceptors (Lipinski definition) is 4. The van der Waals surface area contributed by atoms with E-state index in [1.165, 1.54) is 25.3 Å². The third kappa shape index (κ3) is 4.57. The minimum Gasteiger partial charge on any atom is -0.494 e. The minimum atomic E-state index is -0.511. The Kier molecular flexibility index (Phi) is 4.47. The monoisotopic (exact) mass is 266 g/mol. The zero-order valence-electron chi connectivity index (χ0n) is 11.5. The fourth-order valence-electron chi connectivity index (χ4n) is 1.57. The highest BCUT2D eigenvalue weighted by Gasteiger charge is 2.18. The van der Waals surface area contributed by atoms with Crippen molar-refractivity contribution < 1.29 is 14.5 Å². The highest BCUT2D eigenvalue weighted by Crippen LogP contribution is 2.29. The Hall–Kier alpha value is -2.11. The summed E-state index contributed by atoms with van der Waals surface area (Å²) >= 11 is 0. The van der Waals surface area contributed by atoms with Crippen LogP contribution in [0.4, 0.5) is 11.4 Å². The van der Waals surface area contributed by atoms with E-state index in [0.29, 0.717) is 12.1 Å². The van der Waals surface area contributed by atoms with Crippen molar-refractivity contribution in [1.82, 2.24) is 0 Å². The van der Waals surface area contributed by atoms with Crippen molar-refractivity contribution in [2.24, 2.45) is 5.41 Å². The third-order valence-electron chi connectivity index (χ3n) is 2.36. The SMILES string of the molecule is COc1cc([N+](=O)[O-])ccc1NC(=O)CC(C)(C)C. The van der Waals surface area contributed by atoms with Gasteiger partial charge in [0.25, 0.3) is 5.69 Å². The lowest BCUT2D eigenvalue weighted by molar-refractivity contribution is -0.384. The molecule has 0 spiro atoms. The second-order valence-corrected chi connectivity index (χ2v) is 5.43. The summed E-state index contributed by atoms with van der Waals surface area (Å²) in [4.78, 5) is 22.0. The van der Waals surface area contributed by atoms with Crippen LogP contribution in [-0.2, 0) is 4.79 Å². The van der Waals surface area contributed by atoms with Crippen molar-refractivity contribution in [3.05, 3.63) is 28.3 Å². The van der Waals surface area contributed by atoms with Gasteiger partial charge in [0.05, 0.1) is 23.8 Å². The summed E-state index contributed by atoms with van der Waals surface area (Å²) in [7, 11) is 1.40. The lowest BCUT2D eigenvalue weighted by Crippen LogP contribution is -2.20. The van der Waals surface area contributed by atoms with Crippen molar-refractivity contribution >= 4 is 17.3 Å². The second kappa shape index (κ2) is 5.69. The van der Waals surface area contributed by atoms with Gasteiger partial charge in [0.2, 0.25) is 5.91 Å². The number of hydrogen-bond donors (Lipinski definition) is 1. The van der Waals surface area contributed by atoms with Gasteiger partial charge in [-0.3, -0.25) is 14.9 Å². The van der Waals surface area contributed by atoms with E-state index in [0.717, 1.165) is 0 Å². The highest BCUT2D eigenvalue weighted by molar-refractivity contribution is 5.92. The first-order valence-corrected chi connectivity index (χ1v) is 5.85. The summed E-state index contributed by atoms with van der Waals surface area (Å²) in [5.41, 5.74) is 0.228. The fraction of sp³-hybridized carbons (Fsp3) is 0.462. The van der Waals surface area contributed by atoms with Gasteiger partial charge in [-0.25, -0.2) is 0 Å². The number of amides is 1. The van der Waals surface area contributed by atoms with E-state index in [1.807, 2.05) is 20.8 Å². The number of rotatable bonds is 4. The van der Waals surface area contributed by atoms with Crippen LogP contribution in [0.5, 0.6) is 5.75 Å². The maximum absolute atomic E-state index is 11.8. The number of anilines is 1. The van der Waals surface area contributed by atoms with E-state index in [1.54, 1.807) is 0 Å². The van der Waals surface area contributed by atoms with E-state index < -0.39 is 4.92 Å². The Labute approximate surface area is 111 Å². The Morgan fingerprint density at radius 3 is 2.53 bits per heavy atom. The van der Waals surface area contributed by atoms with Gasteiger partial charge >= 0.3 is 0 Å². The highest BCUT2D eigenvalue weighted by atomic mass is 16.6. The number of carbonyl (C=O) groups excluding carboxylic acids is 1. The van der Waals surface area contributed by atoms with Gasteiger partial charge in [0, 0.05) is 12.5 Å². The number of methoxy groups -OCH3 is 1. The topological polar surface area (TPSA) is 81.5 Å². The van der Waals surface area contributed by atoms with Gasteiger partial charge < -0.3 is 10.1 Å². The average molecular weight is 266 g/mol. The number of carbonyl (C=O) groups is 1. The Morgan fingerprint density at radius 1 is 1.42 bits per heavy atom. The van der Waals surface area contributed by atoms with Crippen molar-refractivity contribution in [3.63, 3.8) is 0 Å². The van der Waals surface area contributed by atoms with E-state index >= 15 is 0 Å². The lowest BCUT2D eigenvalue weighted by Gasteiger charge is -2.18. The molecule has 104 valence electrons. The molecule has 6 nitrogen and oxygen atoms in total. The number of benzene rings is 1. The Bertz CT molecular complexity index is 492. The Morgan fingerprint density at radius 2 is 2.05 bits per heavy atom. The number of ether oxygens (including phenoxy) is 1. The van der Waals surface area contributed by atoms with E-state index in [-0.39, 0.29) is 22.8 Å². The molecule has 0 aliphatic heterocycles. The number of nitrogens with one attached hydrogen (secondary N) is 1. The molecule has 0 saturated heterocycles. The zero-order chi connectivity index (χ0) is 14.6. The smallest absolute Gasteiger partial charge is 0.273 e. The van der Waals surface area contributed by atoms with E-state index in [9.17, 15) is 14.9 Å². The molecule has 0 aromatic heterocycles. The first-order chi connectivity index (χ1) is 8.73. The molecule has 1 N–H and O–H groups in total.